The molecule has 1 N–H and O–H groups in total. The molecule has 192 valence electrons. The van der Waals surface area contributed by atoms with Crippen LogP contribution >= 0.6 is 0 Å². The number of hydrogen-bond acceptors (Lipinski definition) is 7. The van der Waals surface area contributed by atoms with E-state index < -0.39 is 5.60 Å². The van der Waals surface area contributed by atoms with Crippen molar-refractivity contribution in [3.8, 4) is 12.1 Å². The van der Waals surface area contributed by atoms with Crippen molar-refractivity contribution in [2.24, 2.45) is 10.8 Å². The minimum absolute atomic E-state index is 0.213. The molecule has 1 amide bonds. The minimum atomic E-state index is -0.437. The van der Waals surface area contributed by atoms with Gasteiger partial charge in [-0.1, -0.05) is 0 Å². The first-order valence-corrected chi connectivity index (χ1v) is 12.8. The third-order valence-corrected chi connectivity index (χ3v) is 7.53. The van der Waals surface area contributed by atoms with Crippen LogP contribution in [-0.2, 0) is 4.74 Å². The first kappa shape index (κ1) is 24.9. The van der Waals surface area contributed by atoms with Gasteiger partial charge in [0.25, 0.3) is 0 Å². The van der Waals surface area contributed by atoms with E-state index >= 15 is 0 Å². The fraction of sp³-hybridized carbons (Fsp3) is 0.483. The molecule has 0 bridgehead atoms. The fourth-order valence-corrected chi connectivity index (χ4v) is 5.51. The van der Waals surface area contributed by atoms with E-state index in [0.717, 1.165) is 50.5 Å². The fourth-order valence-electron chi connectivity index (χ4n) is 5.51. The zero-order valence-electron chi connectivity index (χ0n) is 21.8. The second-order valence-electron chi connectivity index (χ2n) is 12.0. The van der Waals surface area contributed by atoms with Crippen molar-refractivity contribution >= 4 is 17.5 Å². The van der Waals surface area contributed by atoms with E-state index in [2.05, 4.69) is 27.3 Å². The van der Waals surface area contributed by atoms with Crippen LogP contribution in [0, 0.1) is 33.5 Å². The number of likely N-dealkylation sites (tertiary alicyclic amines) is 1. The van der Waals surface area contributed by atoms with Crippen LogP contribution in [0.4, 0.5) is 16.2 Å². The van der Waals surface area contributed by atoms with E-state index in [1.807, 2.05) is 69.3 Å². The average molecular weight is 499 g/mol. The van der Waals surface area contributed by atoms with Crippen LogP contribution in [0.15, 0.2) is 48.5 Å². The number of rotatable bonds is 2. The number of carbonyl (C=O) groups excluding carboxylic acids is 1. The maximum atomic E-state index is 12.0. The third-order valence-electron chi connectivity index (χ3n) is 7.53. The van der Waals surface area contributed by atoms with Gasteiger partial charge in [0.05, 0.1) is 23.3 Å². The quantitative estimate of drug-likeness (QED) is 0.676. The zero-order chi connectivity index (χ0) is 26.3. The van der Waals surface area contributed by atoms with Gasteiger partial charge in [-0.15, -0.1) is 0 Å². The van der Waals surface area contributed by atoms with Gasteiger partial charge in [0.2, 0.25) is 0 Å². The van der Waals surface area contributed by atoms with E-state index in [1.165, 1.54) is 18.8 Å². The molecule has 2 aromatic carbocycles. The number of nitrogens with zero attached hydrogens (tertiary/aromatic N) is 5. The maximum Gasteiger partial charge on any atom is 0.410 e. The molecule has 0 saturated carbocycles. The number of carbonyl (C=O) groups is 1. The molecule has 4 aliphatic rings. The number of nitriles is 2. The van der Waals surface area contributed by atoms with E-state index in [9.17, 15) is 4.79 Å². The smallest absolute Gasteiger partial charge is 0.410 e. The largest absolute Gasteiger partial charge is 0.444 e. The molecular formula is C29H34N6O2. The lowest BCUT2D eigenvalue weighted by Gasteiger charge is -2.60. The highest BCUT2D eigenvalue weighted by Crippen LogP contribution is 2.42. The molecule has 2 aromatic rings. The highest BCUT2D eigenvalue weighted by Gasteiger charge is 2.54. The lowest BCUT2D eigenvalue weighted by atomic mass is 9.73. The topological polar surface area (TPSA) is 95.6 Å². The van der Waals surface area contributed by atoms with Gasteiger partial charge >= 0.3 is 6.09 Å². The first-order valence-electron chi connectivity index (χ1n) is 12.8. The molecule has 6 rings (SSSR count). The Morgan fingerprint density at radius 2 is 1.22 bits per heavy atom. The molecule has 8 heteroatoms. The first-order chi connectivity index (χ1) is 17.6. The summed E-state index contributed by atoms with van der Waals surface area (Å²) in [4.78, 5) is 18.4. The van der Waals surface area contributed by atoms with Gasteiger partial charge < -0.3 is 24.8 Å². The monoisotopic (exact) mass is 498 g/mol. The second kappa shape index (κ2) is 9.28. The van der Waals surface area contributed by atoms with Crippen molar-refractivity contribution in [1.82, 2.24) is 10.2 Å². The lowest BCUT2D eigenvalue weighted by Crippen LogP contribution is -2.73. The molecule has 4 fully saturated rings. The Morgan fingerprint density at radius 3 is 1.57 bits per heavy atom. The number of nitrogens with one attached hydrogen (secondary N) is 1. The average Bonchev–Trinajstić information content (AvgIpc) is 2.75. The number of anilines is 2. The SMILES string of the molecule is CC(C)(C)OC(=O)N1CC2(C1)CN(c1ccc(C#N)cc1)C2.N#Cc1ccc(N2CC3(CNC3)C2)cc1. The maximum absolute atomic E-state index is 12.0. The van der Waals surface area contributed by atoms with Crippen LogP contribution in [0.25, 0.3) is 0 Å². The molecule has 4 aliphatic heterocycles. The van der Waals surface area contributed by atoms with Crippen molar-refractivity contribution in [2.75, 3.05) is 62.2 Å². The van der Waals surface area contributed by atoms with Gasteiger partial charge in [0.1, 0.15) is 5.60 Å². The molecule has 37 heavy (non-hydrogen) atoms. The van der Waals surface area contributed by atoms with Crippen molar-refractivity contribution in [2.45, 2.75) is 26.4 Å². The molecule has 2 spiro atoms. The van der Waals surface area contributed by atoms with Crippen molar-refractivity contribution in [1.29, 1.82) is 10.5 Å². The highest BCUT2D eigenvalue weighted by molar-refractivity contribution is 5.70. The molecule has 0 radical (unpaired) electrons. The second-order valence-corrected chi connectivity index (χ2v) is 12.0. The van der Waals surface area contributed by atoms with Crippen molar-refractivity contribution in [3.63, 3.8) is 0 Å². The summed E-state index contributed by atoms with van der Waals surface area (Å²) in [6.45, 7) is 13.8. The van der Waals surface area contributed by atoms with Crippen LogP contribution in [0.2, 0.25) is 0 Å². The predicted octanol–water partition coefficient (Wildman–Crippen LogP) is 3.58. The molecular weight excluding hydrogens is 464 g/mol. The third kappa shape index (κ3) is 5.21. The molecule has 0 atom stereocenters. The summed E-state index contributed by atoms with van der Waals surface area (Å²) in [7, 11) is 0. The van der Waals surface area contributed by atoms with Crippen LogP contribution in [0.3, 0.4) is 0 Å². The van der Waals surface area contributed by atoms with Gasteiger partial charge in [0.15, 0.2) is 0 Å². The highest BCUT2D eigenvalue weighted by atomic mass is 16.6. The Bertz CT molecular complexity index is 1210. The van der Waals surface area contributed by atoms with Crippen LogP contribution in [0.5, 0.6) is 0 Å². The predicted molar refractivity (Wildman–Crippen MR) is 142 cm³/mol. The number of hydrogen-bond donors (Lipinski definition) is 1. The molecule has 0 aromatic heterocycles. The Balaban J connectivity index is 0.000000162. The van der Waals surface area contributed by atoms with Crippen LogP contribution < -0.4 is 15.1 Å². The summed E-state index contributed by atoms with van der Waals surface area (Å²) >= 11 is 0. The van der Waals surface area contributed by atoms with Gasteiger partial charge in [-0.05, 0) is 69.3 Å². The zero-order valence-corrected chi connectivity index (χ0v) is 21.8. The normalized spacial score (nSPS) is 20.2. The Hall–Kier alpha value is -3.75. The molecule has 0 unspecified atom stereocenters. The van der Waals surface area contributed by atoms with Crippen LogP contribution in [0.1, 0.15) is 31.9 Å². The van der Waals surface area contributed by atoms with Crippen molar-refractivity contribution in [3.05, 3.63) is 59.7 Å². The summed E-state index contributed by atoms with van der Waals surface area (Å²) in [5.74, 6) is 0. The lowest BCUT2D eigenvalue weighted by molar-refractivity contribution is -0.0453. The molecule has 8 nitrogen and oxygen atoms in total. The van der Waals surface area contributed by atoms with Crippen molar-refractivity contribution < 1.29 is 9.53 Å². The molecule has 4 heterocycles. The van der Waals surface area contributed by atoms with E-state index in [1.54, 1.807) is 4.90 Å². The van der Waals surface area contributed by atoms with E-state index in [4.69, 9.17) is 15.3 Å². The Kier molecular flexibility index (Phi) is 6.25. The number of benzene rings is 2. The van der Waals surface area contributed by atoms with Crippen LogP contribution in [-0.4, -0.2) is 69.0 Å². The van der Waals surface area contributed by atoms with Gasteiger partial charge in [-0.2, -0.15) is 10.5 Å². The van der Waals surface area contributed by atoms with Gasteiger partial charge in [-0.3, -0.25) is 0 Å². The summed E-state index contributed by atoms with van der Waals surface area (Å²) in [6.07, 6.45) is -0.213. The van der Waals surface area contributed by atoms with E-state index in [0.29, 0.717) is 11.0 Å². The standard InChI is InChI=1S/C17H21N3O2.C12H13N3/c1-16(2,3)22-15(21)20-11-17(12-20)9-19(10-17)14-6-4-13(8-18)5-7-14;13-5-10-1-3-11(4-2-10)15-8-12(9-15)6-14-7-12/h4-7H,9-12H2,1-3H3;1-4,14H,6-9H2. The summed E-state index contributed by atoms with van der Waals surface area (Å²) in [6, 6.07) is 19.8. The number of ether oxygens (including phenoxy) is 1. The Morgan fingerprint density at radius 1 is 0.784 bits per heavy atom. The molecule has 0 aliphatic carbocycles. The number of amides is 1. The summed E-state index contributed by atoms with van der Waals surface area (Å²) in [5.41, 5.74) is 4.15. The van der Waals surface area contributed by atoms with Gasteiger partial charge in [-0.25, -0.2) is 4.79 Å². The molecule has 4 saturated heterocycles. The summed E-state index contributed by atoms with van der Waals surface area (Å²) < 4.78 is 5.38. The summed E-state index contributed by atoms with van der Waals surface area (Å²) in [5, 5.41) is 20.8. The van der Waals surface area contributed by atoms with E-state index in [-0.39, 0.29) is 11.5 Å². The minimum Gasteiger partial charge on any atom is -0.444 e. The van der Waals surface area contributed by atoms with Gasteiger partial charge in [0, 0.05) is 74.6 Å². The Labute approximate surface area is 219 Å².